The zero-order chi connectivity index (χ0) is 12.1. The normalized spacial score (nSPS) is 14.6. The summed E-state index contributed by atoms with van der Waals surface area (Å²) in [5.74, 6) is 0. The molecule has 16 heavy (non-hydrogen) atoms. The van der Waals surface area contributed by atoms with Crippen LogP contribution < -0.4 is 0 Å². The molecule has 0 saturated heterocycles. The van der Waals surface area contributed by atoms with Crippen LogP contribution in [0.25, 0.3) is 0 Å². The molecule has 0 heterocycles. The minimum Gasteiger partial charge on any atom is -0.238 e. The third-order valence-corrected chi connectivity index (χ3v) is 1.60. The van der Waals surface area contributed by atoms with Crippen molar-refractivity contribution in [2.24, 2.45) is 15.6 Å². The number of unbranched alkanes of at least 4 members (excludes halogenated alkanes) is 1. The van der Waals surface area contributed by atoms with Gasteiger partial charge in [0.25, 0.3) is 0 Å². The van der Waals surface area contributed by atoms with Gasteiger partial charge in [0, 0.05) is 0 Å². The van der Waals surface area contributed by atoms with Crippen LogP contribution in [0.5, 0.6) is 0 Å². The molecule has 0 N–H and O–H groups in total. The van der Waals surface area contributed by atoms with E-state index in [0.29, 0.717) is 0 Å². The summed E-state index contributed by atoms with van der Waals surface area (Å²) in [5, 5.41) is 8.48. The number of nitroso groups, excluding NO2 is 1. The van der Waals surface area contributed by atoms with Crippen LogP contribution in [0.2, 0.25) is 0 Å². The fourth-order valence-electron chi connectivity index (χ4n) is 0.876. The van der Waals surface area contributed by atoms with Gasteiger partial charge in [-0.15, -0.1) is 4.91 Å². The van der Waals surface area contributed by atoms with Gasteiger partial charge >= 0.3 is 0 Å². The van der Waals surface area contributed by atoms with Crippen molar-refractivity contribution < 1.29 is 4.39 Å². The molecule has 0 aromatic rings. The molecule has 0 rings (SSSR count). The van der Waals surface area contributed by atoms with Crippen molar-refractivity contribution in [2.45, 2.75) is 25.9 Å². The lowest BCUT2D eigenvalue weighted by molar-refractivity contribution is 0.468. The van der Waals surface area contributed by atoms with E-state index in [0.717, 1.165) is 12.8 Å². The maximum atomic E-state index is 13.1. The van der Waals surface area contributed by atoms with Crippen LogP contribution in [-0.2, 0) is 0 Å². The van der Waals surface area contributed by atoms with Gasteiger partial charge in [-0.25, -0.2) is 4.39 Å². The molecule has 1 atom stereocenters. The van der Waals surface area contributed by atoms with Crippen LogP contribution in [0.1, 0.15) is 19.8 Å². The fraction of sp³-hybridized carbons (Fsp3) is 0.455. The summed E-state index contributed by atoms with van der Waals surface area (Å²) in [6.45, 7) is 2.30. The topological polar surface area (TPSA) is 54.1 Å². The molecule has 1 unspecified atom stereocenters. The van der Waals surface area contributed by atoms with Gasteiger partial charge in [-0.05, 0) is 17.7 Å². The second-order valence-corrected chi connectivity index (χ2v) is 2.97. The van der Waals surface area contributed by atoms with Crippen molar-refractivity contribution in [3.63, 3.8) is 0 Å². The molecule has 0 amide bonds. The highest BCUT2D eigenvalue weighted by Crippen LogP contribution is 1.98. The van der Waals surface area contributed by atoms with Crippen LogP contribution in [-0.4, -0.2) is 12.7 Å². The van der Waals surface area contributed by atoms with Gasteiger partial charge in [0.15, 0.2) is 0 Å². The number of allylic oxidation sites excluding steroid dienone is 5. The molecule has 0 aliphatic rings. The Balaban J connectivity index is 3.73. The van der Waals surface area contributed by atoms with Crippen LogP contribution in [0, 0.1) is 4.91 Å². The number of alkyl halides is 1. The van der Waals surface area contributed by atoms with Crippen molar-refractivity contribution in [1.29, 1.82) is 0 Å². The highest BCUT2D eigenvalue weighted by atomic mass is 19.1. The third-order valence-electron chi connectivity index (χ3n) is 1.60. The average Bonchev–Trinajstić information content (AvgIpc) is 2.28. The Kier molecular flexibility index (Phi) is 10.2. The van der Waals surface area contributed by atoms with Crippen LogP contribution in [0.4, 0.5) is 4.39 Å². The van der Waals surface area contributed by atoms with Gasteiger partial charge in [-0.3, -0.25) is 0 Å². The van der Waals surface area contributed by atoms with Gasteiger partial charge in [0.2, 0.25) is 0 Å². The Morgan fingerprint density at radius 1 is 1.25 bits per heavy atom. The number of nitrogens with zero attached hydrogens (tertiary/aromatic N) is 3. The summed E-state index contributed by atoms with van der Waals surface area (Å²) in [6.07, 6.45) is 10.5. The van der Waals surface area contributed by atoms with E-state index in [1.54, 1.807) is 18.2 Å². The summed E-state index contributed by atoms with van der Waals surface area (Å²) < 4.78 is 13.1. The van der Waals surface area contributed by atoms with E-state index >= 15 is 0 Å². The van der Waals surface area contributed by atoms with Gasteiger partial charge in [-0.2, -0.15) is 5.11 Å². The summed E-state index contributed by atoms with van der Waals surface area (Å²) in [5.41, 5.74) is 0. The SMILES string of the molecule is CCCC=CC(F)C=C/C=C/CN=NN=O. The second-order valence-electron chi connectivity index (χ2n) is 2.97. The Morgan fingerprint density at radius 3 is 2.75 bits per heavy atom. The van der Waals surface area contributed by atoms with Gasteiger partial charge in [0.05, 0.1) is 6.54 Å². The highest BCUT2D eigenvalue weighted by molar-refractivity contribution is 5.09. The first kappa shape index (κ1) is 14.3. The minimum atomic E-state index is -1.06. The smallest absolute Gasteiger partial charge is 0.137 e. The molecular formula is C11H16FN3O. The Hall–Kier alpha value is -1.65. The van der Waals surface area contributed by atoms with E-state index < -0.39 is 6.17 Å². The standard InChI is InChI=1S/C11H16FN3O/c1-2-3-5-8-11(12)9-6-4-7-10-13-14-15-16/h4-9,11H,2-3,10H2,1H3/b7-4+,8-5?,9-6?,14-13?. The molecular weight excluding hydrogens is 209 g/mol. The minimum absolute atomic E-state index is 0.263. The number of halogens is 1. The predicted molar refractivity (Wildman–Crippen MR) is 62.7 cm³/mol. The number of hydrogen-bond acceptors (Lipinski definition) is 2. The second kappa shape index (κ2) is 11.4. The van der Waals surface area contributed by atoms with Crippen molar-refractivity contribution in [3.05, 3.63) is 41.4 Å². The lowest BCUT2D eigenvalue weighted by Crippen LogP contribution is -1.86. The zero-order valence-corrected chi connectivity index (χ0v) is 9.29. The lowest BCUT2D eigenvalue weighted by Gasteiger charge is -1.91. The lowest BCUT2D eigenvalue weighted by atomic mass is 10.2. The summed E-state index contributed by atoms with van der Waals surface area (Å²) in [4.78, 5) is 9.50. The zero-order valence-electron chi connectivity index (χ0n) is 9.29. The molecule has 0 aliphatic carbocycles. The molecule has 0 aromatic carbocycles. The van der Waals surface area contributed by atoms with E-state index in [-0.39, 0.29) is 6.54 Å². The van der Waals surface area contributed by atoms with Gasteiger partial charge in [-0.1, -0.05) is 43.7 Å². The molecule has 5 heteroatoms. The van der Waals surface area contributed by atoms with Gasteiger partial charge in [0.1, 0.15) is 11.5 Å². The molecule has 0 spiro atoms. The third kappa shape index (κ3) is 10.4. The summed E-state index contributed by atoms with van der Waals surface area (Å²) in [6, 6.07) is 0. The summed E-state index contributed by atoms with van der Waals surface area (Å²) in [7, 11) is 0. The number of rotatable bonds is 8. The van der Waals surface area contributed by atoms with E-state index in [9.17, 15) is 9.30 Å². The number of hydrogen-bond donors (Lipinski definition) is 0. The van der Waals surface area contributed by atoms with Crippen molar-refractivity contribution >= 4 is 0 Å². The van der Waals surface area contributed by atoms with E-state index in [1.807, 2.05) is 13.0 Å². The maximum absolute atomic E-state index is 13.1. The van der Waals surface area contributed by atoms with Crippen LogP contribution in [0.15, 0.2) is 52.1 Å². The molecule has 0 radical (unpaired) electrons. The van der Waals surface area contributed by atoms with Crippen molar-refractivity contribution in [2.75, 3.05) is 6.54 Å². The fourth-order valence-corrected chi connectivity index (χ4v) is 0.876. The van der Waals surface area contributed by atoms with E-state index in [1.165, 1.54) is 12.2 Å². The molecule has 0 aromatic heterocycles. The van der Waals surface area contributed by atoms with Crippen molar-refractivity contribution in [3.8, 4) is 0 Å². The monoisotopic (exact) mass is 225 g/mol. The molecule has 0 saturated carbocycles. The molecule has 0 aliphatic heterocycles. The first-order valence-corrected chi connectivity index (χ1v) is 5.14. The molecule has 4 nitrogen and oxygen atoms in total. The predicted octanol–water partition coefficient (Wildman–Crippen LogP) is 3.93. The van der Waals surface area contributed by atoms with Crippen LogP contribution in [0.3, 0.4) is 0 Å². The Morgan fingerprint density at radius 2 is 2.06 bits per heavy atom. The van der Waals surface area contributed by atoms with Gasteiger partial charge < -0.3 is 0 Å². The summed E-state index contributed by atoms with van der Waals surface area (Å²) >= 11 is 0. The maximum Gasteiger partial charge on any atom is 0.137 e. The Bertz CT molecular complexity index is 285. The average molecular weight is 225 g/mol. The molecule has 0 bridgehead atoms. The van der Waals surface area contributed by atoms with E-state index in [2.05, 4.69) is 15.6 Å². The molecule has 88 valence electrons. The quantitative estimate of drug-likeness (QED) is 0.203. The van der Waals surface area contributed by atoms with E-state index in [4.69, 9.17) is 0 Å². The highest BCUT2D eigenvalue weighted by Gasteiger charge is 1.91. The first-order valence-electron chi connectivity index (χ1n) is 5.14. The Labute approximate surface area is 94.6 Å². The largest absolute Gasteiger partial charge is 0.238 e. The van der Waals surface area contributed by atoms with Crippen molar-refractivity contribution in [1.82, 2.24) is 0 Å². The first-order chi connectivity index (χ1) is 7.81. The van der Waals surface area contributed by atoms with Crippen LogP contribution >= 0.6 is 0 Å². The molecule has 0 fully saturated rings.